The van der Waals surface area contributed by atoms with Crippen molar-refractivity contribution in [1.29, 1.82) is 0 Å². The van der Waals surface area contributed by atoms with Crippen LogP contribution in [0.1, 0.15) is 55.4 Å². The van der Waals surface area contributed by atoms with Crippen molar-refractivity contribution in [1.82, 2.24) is 15.1 Å². The molecule has 1 N–H and O–H groups in total. The lowest BCUT2D eigenvalue weighted by Gasteiger charge is -2.21. The highest BCUT2D eigenvalue weighted by molar-refractivity contribution is 5.28. The van der Waals surface area contributed by atoms with Crippen molar-refractivity contribution < 1.29 is 4.39 Å². The standard InChI is InChI=1S/C17H24FN3/c1-6-21-14(5)17(13(4)20-21)12(3)19-11(2)15-8-7-9-16(18)10-15/h7-12,19H,6H2,1-5H3/t11-,12?/m1/s1. The van der Waals surface area contributed by atoms with E-state index < -0.39 is 0 Å². The first kappa shape index (κ1) is 15.7. The molecule has 0 amide bonds. The largest absolute Gasteiger partial charge is 0.304 e. The molecule has 0 fully saturated rings. The minimum Gasteiger partial charge on any atom is -0.304 e. The van der Waals surface area contributed by atoms with Crippen LogP contribution in [0.2, 0.25) is 0 Å². The summed E-state index contributed by atoms with van der Waals surface area (Å²) in [5.74, 6) is -0.194. The fraction of sp³-hybridized carbons (Fsp3) is 0.471. The summed E-state index contributed by atoms with van der Waals surface area (Å²) in [5.41, 5.74) is 4.45. The van der Waals surface area contributed by atoms with Crippen LogP contribution in [-0.2, 0) is 6.54 Å². The number of halogens is 1. The Morgan fingerprint density at radius 2 is 1.95 bits per heavy atom. The van der Waals surface area contributed by atoms with Gasteiger partial charge < -0.3 is 5.32 Å². The van der Waals surface area contributed by atoms with E-state index >= 15 is 0 Å². The Morgan fingerprint density at radius 3 is 2.52 bits per heavy atom. The van der Waals surface area contributed by atoms with Crippen molar-refractivity contribution >= 4 is 0 Å². The van der Waals surface area contributed by atoms with Crippen molar-refractivity contribution in [2.24, 2.45) is 0 Å². The summed E-state index contributed by atoms with van der Waals surface area (Å²) in [4.78, 5) is 0. The lowest BCUT2D eigenvalue weighted by Crippen LogP contribution is -2.23. The Morgan fingerprint density at radius 1 is 1.24 bits per heavy atom. The number of aromatic nitrogens is 2. The zero-order valence-corrected chi connectivity index (χ0v) is 13.4. The van der Waals surface area contributed by atoms with Gasteiger partial charge in [-0.3, -0.25) is 4.68 Å². The first-order chi connectivity index (χ1) is 9.93. The highest BCUT2D eigenvalue weighted by Crippen LogP contribution is 2.24. The molecule has 0 aliphatic rings. The second-order valence-corrected chi connectivity index (χ2v) is 5.57. The molecule has 0 aliphatic carbocycles. The minimum atomic E-state index is -0.194. The van der Waals surface area contributed by atoms with Crippen LogP contribution >= 0.6 is 0 Å². The van der Waals surface area contributed by atoms with Crippen molar-refractivity contribution in [3.8, 4) is 0 Å². The Labute approximate surface area is 126 Å². The Bertz CT molecular complexity index is 618. The molecule has 21 heavy (non-hydrogen) atoms. The number of rotatable bonds is 5. The maximum Gasteiger partial charge on any atom is 0.123 e. The van der Waals surface area contributed by atoms with Crippen LogP contribution in [0.15, 0.2) is 24.3 Å². The second-order valence-electron chi connectivity index (χ2n) is 5.57. The zero-order valence-electron chi connectivity index (χ0n) is 13.4. The average Bonchev–Trinajstić information content (AvgIpc) is 2.73. The SMILES string of the molecule is CCn1nc(C)c(C(C)N[C@H](C)c2cccc(F)c2)c1C. The smallest absolute Gasteiger partial charge is 0.123 e. The van der Waals surface area contributed by atoms with Gasteiger partial charge in [0.05, 0.1) is 5.69 Å². The average molecular weight is 289 g/mol. The molecule has 4 heteroatoms. The number of nitrogens with one attached hydrogen (secondary N) is 1. The van der Waals surface area contributed by atoms with Crippen LogP contribution in [0.5, 0.6) is 0 Å². The Hall–Kier alpha value is -1.68. The molecule has 0 saturated carbocycles. The van der Waals surface area contributed by atoms with Gasteiger partial charge in [0.2, 0.25) is 0 Å². The molecule has 0 bridgehead atoms. The van der Waals surface area contributed by atoms with E-state index in [1.807, 2.05) is 17.7 Å². The summed E-state index contributed by atoms with van der Waals surface area (Å²) in [7, 11) is 0. The van der Waals surface area contributed by atoms with Crippen molar-refractivity contribution in [3.05, 3.63) is 52.6 Å². The third kappa shape index (κ3) is 3.32. The highest BCUT2D eigenvalue weighted by Gasteiger charge is 2.19. The molecular weight excluding hydrogens is 265 g/mol. The molecule has 2 rings (SSSR count). The molecule has 3 nitrogen and oxygen atoms in total. The van der Waals surface area contributed by atoms with E-state index in [4.69, 9.17) is 0 Å². The first-order valence-corrected chi connectivity index (χ1v) is 7.49. The third-order valence-corrected chi connectivity index (χ3v) is 4.02. The molecule has 0 saturated heterocycles. The van der Waals surface area contributed by atoms with Gasteiger partial charge in [-0.1, -0.05) is 12.1 Å². The minimum absolute atomic E-state index is 0.0828. The predicted octanol–water partition coefficient (Wildman–Crippen LogP) is 4.07. The number of benzene rings is 1. The van der Waals surface area contributed by atoms with Gasteiger partial charge in [-0.25, -0.2) is 4.39 Å². The molecular formula is C17H24FN3. The Balaban J connectivity index is 2.18. The van der Waals surface area contributed by atoms with E-state index in [1.54, 1.807) is 12.1 Å². The molecule has 2 aromatic rings. The molecule has 0 aliphatic heterocycles. The molecule has 1 unspecified atom stereocenters. The van der Waals surface area contributed by atoms with Crippen molar-refractivity contribution in [2.75, 3.05) is 0 Å². The predicted molar refractivity (Wildman–Crippen MR) is 83.7 cm³/mol. The van der Waals surface area contributed by atoms with Gasteiger partial charge in [-0.15, -0.1) is 0 Å². The van der Waals surface area contributed by atoms with Gasteiger partial charge in [0.25, 0.3) is 0 Å². The number of hydrogen-bond donors (Lipinski definition) is 1. The fourth-order valence-electron chi connectivity index (χ4n) is 2.98. The topological polar surface area (TPSA) is 29.9 Å². The van der Waals surface area contributed by atoms with E-state index in [0.29, 0.717) is 0 Å². The summed E-state index contributed by atoms with van der Waals surface area (Å²) < 4.78 is 15.3. The van der Waals surface area contributed by atoms with Gasteiger partial charge in [-0.2, -0.15) is 5.10 Å². The van der Waals surface area contributed by atoms with Gasteiger partial charge >= 0.3 is 0 Å². The van der Waals surface area contributed by atoms with Gasteiger partial charge in [0.15, 0.2) is 0 Å². The van der Waals surface area contributed by atoms with Crippen LogP contribution in [-0.4, -0.2) is 9.78 Å². The lowest BCUT2D eigenvalue weighted by atomic mass is 10.0. The summed E-state index contributed by atoms with van der Waals surface area (Å²) in [5, 5.41) is 8.10. The molecule has 114 valence electrons. The van der Waals surface area contributed by atoms with Gasteiger partial charge in [0.1, 0.15) is 5.82 Å². The quantitative estimate of drug-likeness (QED) is 0.899. The summed E-state index contributed by atoms with van der Waals surface area (Å²) in [6.07, 6.45) is 0. The Kier molecular flexibility index (Phi) is 4.78. The van der Waals surface area contributed by atoms with E-state index in [9.17, 15) is 4.39 Å². The summed E-state index contributed by atoms with van der Waals surface area (Å²) in [6, 6.07) is 7.00. The van der Waals surface area contributed by atoms with E-state index in [-0.39, 0.29) is 17.9 Å². The summed E-state index contributed by atoms with van der Waals surface area (Å²) in [6.45, 7) is 11.3. The van der Waals surface area contributed by atoms with Crippen LogP contribution in [0.4, 0.5) is 4.39 Å². The number of nitrogens with zero attached hydrogens (tertiary/aromatic N) is 2. The highest BCUT2D eigenvalue weighted by atomic mass is 19.1. The number of aryl methyl sites for hydroxylation is 2. The maximum atomic E-state index is 13.3. The maximum absolute atomic E-state index is 13.3. The zero-order chi connectivity index (χ0) is 15.6. The molecule has 1 aromatic carbocycles. The van der Waals surface area contributed by atoms with E-state index in [2.05, 4.69) is 38.1 Å². The second kappa shape index (κ2) is 6.39. The van der Waals surface area contributed by atoms with Crippen molar-refractivity contribution in [2.45, 2.75) is 53.2 Å². The van der Waals surface area contributed by atoms with Crippen LogP contribution < -0.4 is 5.32 Å². The molecule has 1 heterocycles. The molecule has 1 aromatic heterocycles. The number of hydrogen-bond acceptors (Lipinski definition) is 2. The van der Waals surface area contributed by atoms with Crippen LogP contribution in [0, 0.1) is 19.7 Å². The van der Waals surface area contributed by atoms with Gasteiger partial charge in [-0.05, 0) is 52.3 Å². The van der Waals surface area contributed by atoms with Crippen LogP contribution in [0.3, 0.4) is 0 Å². The molecule has 0 spiro atoms. The van der Waals surface area contributed by atoms with E-state index in [1.165, 1.54) is 17.3 Å². The molecule has 2 atom stereocenters. The lowest BCUT2D eigenvalue weighted by molar-refractivity contribution is 0.488. The van der Waals surface area contributed by atoms with E-state index in [0.717, 1.165) is 17.8 Å². The fourth-order valence-corrected chi connectivity index (χ4v) is 2.98. The monoisotopic (exact) mass is 289 g/mol. The molecule has 0 radical (unpaired) electrons. The first-order valence-electron chi connectivity index (χ1n) is 7.49. The van der Waals surface area contributed by atoms with Gasteiger partial charge in [0, 0.05) is 29.9 Å². The summed E-state index contributed by atoms with van der Waals surface area (Å²) >= 11 is 0. The van der Waals surface area contributed by atoms with Crippen molar-refractivity contribution in [3.63, 3.8) is 0 Å². The van der Waals surface area contributed by atoms with Crippen LogP contribution in [0.25, 0.3) is 0 Å². The normalized spacial score (nSPS) is 14.2. The third-order valence-electron chi connectivity index (χ3n) is 4.02.